The van der Waals surface area contributed by atoms with Gasteiger partial charge in [0.05, 0.1) is 12.7 Å². The van der Waals surface area contributed by atoms with Gasteiger partial charge in [-0.3, -0.25) is 0 Å². The van der Waals surface area contributed by atoms with Gasteiger partial charge in [0.1, 0.15) is 0 Å². The average Bonchev–Trinajstić information content (AvgIpc) is 2.29. The van der Waals surface area contributed by atoms with E-state index in [1.54, 1.807) is 24.3 Å². The van der Waals surface area contributed by atoms with Gasteiger partial charge in [-0.05, 0) is 12.1 Å². The monoisotopic (exact) mass is 193 g/mol. The van der Waals surface area contributed by atoms with Gasteiger partial charge in [0, 0.05) is 0 Å². The van der Waals surface area contributed by atoms with Crippen LogP contribution in [0.25, 0.3) is 0 Å². The Bertz CT molecular complexity index is 240. The first-order valence-electron chi connectivity index (χ1n) is 4.68. The minimum Gasteiger partial charge on any atom is -0.465 e. The normalized spacial score (nSPS) is 8.50. The summed E-state index contributed by atoms with van der Waals surface area (Å²) in [6.07, 6.45) is 2.28. The van der Waals surface area contributed by atoms with E-state index in [4.69, 9.17) is 0 Å². The Morgan fingerprint density at radius 1 is 1.36 bits per heavy atom. The highest BCUT2D eigenvalue weighted by molar-refractivity contribution is 5.89. The Morgan fingerprint density at radius 3 is 2.21 bits per heavy atom. The first-order valence-corrected chi connectivity index (χ1v) is 4.68. The smallest absolute Gasteiger partial charge is 0.337 e. The second-order valence-corrected chi connectivity index (χ2v) is 2.71. The summed E-state index contributed by atoms with van der Waals surface area (Å²) in [7, 11) is 1.37. The van der Waals surface area contributed by atoms with Crippen molar-refractivity contribution in [1.82, 2.24) is 0 Å². The molecule has 2 heteroatoms. The van der Waals surface area contributed by atoms with Gasteiger partial charge in [-0.2, -0.15) is 0 Å². The van der Waals surface area contributed by atoms with Gasteiger partial charge < -0.3 is 4.74 Å². The third kappa shape index (κ3) is 5.36. The highest BCUT2D eigenvalue weighted by Crippen LogP contribution is 1.98. The van der Waals surface area contributed by atoms with E-state index in [1.165, 1.54) is 13.5 Å². The zero-order valence-electron chi connectivity index (χ0n) is 8.82. The molecule has 0 spiro atoms. The Balaban J connectivity index is 0.000000364. The standard InChI is InChI=1S/C8H8O2.C4H9/c1-10-8(9)7-5-3-2-4-6-7;1-3-4-2/h2-6H,1H3;1,3-4H2,2H3. The Morgan fingerprint density at radius 2 is 1.86 bits per heavy atom. The van der Waals surface area contributed by atoms with Crippen LogP contribution in [0, 0.1) is 6.92 Å². The molecular weight excluding hydrogens is 176 g/mol. The fraction of sp³-hybridized carbons (Fsp3) is 0.333. The van der Waals surface area contributed by atoms with Crippen molar-refractivity contribution in [1.29, 1.82) is 0 Å². The number of hydrogen-bond acceptors (Lipinski definition) is 2. The lowest BCUT2D eigenvalue weighted by atomic mass is 10.2. The minimum absolute atomic E-state index is 0.291. The third-order valence-electron chi connectivity index (χ3n) is 1.55. The molecule has 0 amide bonds. The number of ether oxygens (including phenoxy) is 1. The van der Waals surface area contributed by atoms with E-state index < -0.39 is 0 Å². The van der Waals surface area contributed by atoms with Gasteiger partial charge in [0.25, 0.3) is 0 Å². The minimum atomic E-state index is -0.291. The molecule has 0 saturated heterocycles. The molecular formula is C12H17O2. The van der Waals surface area contributed by atoms with E-state index in [2.05, 4.69) is 18.6 Å². The van der Waals surface area contributed by atoms with Crippen molar-refractivity contribution < 1.29 is 9.53 Å². The molecule has 0 aromatic heterocycles. The number of carbonyl (C=O) groups is 1. The molecule has 0 saturated carbocycles. The van der Waals surface area contributed by atoms with Gasteiger partial charge >= 0.3 is 5.97 Å². The molecule has 2 nitrogen and oxygen atoms in total. The van der Waals surface area contributed by atoms with Crippen molar-refractivity contribution in [3.63, 3.8) is 0 Å². The first kappa shape index (κ1) is 12.7. The molecule has 0 fully saturated rings. The van der Waals surface area contributed by atoms with E-state index >= 15 is 0 Å². The molecule has 0 aliphatic heterocycles. The van der Waals surface area contributed by atoms with Crippen molar-refractivity contribution in [2.24, 2.45) is 0 Å². The van der Waals surface area contributed by atoms with Gasteiger partial charge in [-0.25, -0.2) is 4.79 Å². The van der Waals surface area contributed by atoms with Crippen LogP contribution in [-0.2, 0) is 4.74 Å². The summed E-state index contributed by atoms with van der Waals surface area (Å²) in [5, 5.41) is 0. The van der Waals surface area contributed by atoms with Crippen LogP contribution in [0.5, 0.6) is 0 Å². The number of benzene rings is 1. The van der Waals surface area contributed by atoms with Crippen molar-refractivity contribution in [2.75, 3.05) is 7.11 Å². The molecule has 1 aromatic rings. The van der Waals surface area contributed by atoms with Gasteiger partial charge in [0.2, 0.25) is 0 Å². The van der Waals surface area contributed by atoms with E-state index in [9.17, 15) is 4.79 Å². The molecule has 0 aliphatic carbocycles. The molecule has 0 bridgehead atoms. The summed E-state index contributed by atoms with van der Waals surface area (Å²) >= 11 is 0. The lowest BCUT2D eigenvalue weighted by Gasteiger charge is -1.95. The predicted octanol–water partition coefficient (Wildman–Crippen LogP) is 3.09. The Kier molecular flexibility index (Phi) is 7.52. The highest BCUT2D eigenvalue weighted by atomic mass is 16.5. The summed E-state index contributed by atoms with van der Waals surface area (Å²) in [5.41, 5.74) is 0.588. The highest BCUT2D eigenvalue weighted by Gasteiger charge is 2.00. The molecule has 77 valence electrons. The quantitative estimate of drug-likeness (QED) is 0.675. The maximum absolute atomic E-state index is 10.8. The Hall–Kier alpha value is -1.31. The second-order valence-electron chi connectivity index (χ2n) is 2.71. The second kappa shape index (κ2) is 8.30. The lowest BCUT2D eigenvalue weighted by Crippen LogP contribution is -1.99. The maximum atomic E-state index is 10.8. The summed E-state index contributed by atoms with van der Waals surface area (Å²) in [5.74, 6) is -0.291. The van der Waals surface area contributed by atoms with Crippen LogP contribution in [0.2, 0.25) is 0 Å². The number of hydrogen-bond donors (Lipinski definition) is 0. The van der Waals surface area contributed by atoms with Crippen LogP contribution in [0.1, 0.15) is 30.1 Å². The first-order chi connectivity index (χ1) is 6.76. The Labute approximate surface area is 85.9 Å². The van der Waals surface area contributed by atoms with Crippen LogP contribution >= 0.6 is 0 Å². The number of unbranched alkanes of at least 4 members (excludes halogenated alkanes) is 1. The van der Waals surface area contributed by atoms with E-state index in [-0.39, 0.29) is 5.97 Å². The molecule has 1 rings (SSSR count). The predicted molar refractivity (Wildman–Crippen MR) is 58.0 cm³/mol. The van der Waals surface area contributed by atoms with Crippen molar-refractivity contribution in [3.05, 3.63) is 42.8 Å². The topological polar surface area (TPSA) is 26.3 Å². The fourth-order valence-corrected chi connectivity index (χ4v) is 0.692. The summed E-state index contributed by atoms with van der Waals surface area (Å²) < 4.78 is 4.50. The SMILES string of the molecule is COC(=O)c1ccccc1.[CH2]CCC. The number of carbonyl (C=O) groups excluding carboxylic acids is 1. The van der Waals surface area contributed by atoms with Gasteiger partial charge in [-0.15, -0.1) is 0 Å². The van der Waals surface area contributed by atoms with Gasteiger partial charge in [-0.1, -0.05) is 44.9 Å². The van der Waals surface area contributed by atoms with Crippen LogP contribution in [-0.4, -0.2) is 13.1 Å². The zero-order valence-corrected chi connectivity index (χ0v) is 8.82. The molecule has 14 heavy (non-hydrogen) atoms. The molecule has 1 radical (unpaired) electrons. The number of rotatable bonds is 2. The lowest BCUT2D eigenvalue weighted by molar-refractivity contribution is 0.0601. The molecule has 0 aliphatic rings. The van der Waals surface area contributed by atoms with E-state index in [0.29, 0.717) is 5.56 Å². The van der Waals surface area contributed by atoms with Crippen LogP contribution in [0.15, 0.2) is 30.3 Å². The summed E-state index contributed by atoms with van der Waals surface area (Å²) in [4.78, 5) is 10.8. The van der Waals surface area contributed by atoms with Crippen LogP contribution in [0.4, 0.5) is 0 Å². The molecule has 0 N–H and O–H groups in total. The van der Waals surface area contributed by atoms with Crippen LogP contribution in [0.3, 0.4) is 0 Å². The molecule has 0 unspecified atom stereocenters. The van der Waals surface area contributed by atoms with E-state index in [0.717, 1.165) is 6.42 Å². The third-order valence-corrected chi connectivity index (χ3v) is 1.55. The largest absolute Gasteiger partial charge is 0.465 e. The molecule has 0 atom stereocenters. The zero-order chi connectivity index (χ0) is 10.8. The molecule has 0 heterocycles. The van der Waals surface area contributed by atoms with E-state index in [1.807, 2.05) is 6.07 Å². The molecule has 1 aromatic carbocycles. The van der Waals surface area contributed by atoms with Crippen molar-refractivity contribution >= 4 is 5.97 Å². The average molecular weight is 193 g/mol. The summed E-state index contributed by atoms with van der Waals surface area (Å²) in [6.45, 7) is 5.72. The summed E-state index contributed by atoms with van der Waals surface area (Å²) in [6, 6.07) is 8.88. The van der Waals surface area contributed by atoms with Crippen molar-refractivity contribution in [2.45, 2.75) is 19.8 Å². The number of esters is 1. The fourth-order valence-electron chi connectivity index (χ4n) is 0.692. The van der Waals surface area contributed by atoms with Crippen LogP contribution < -0.4 is 0 Å². The van der Waals surface area contributed by atoms with Gasteiger partial charge in [0.15, 0.2) is 0 Å². The number of methoxy groups -OCH3 is 1. The van der Waals surface area contributed by atoms with Crippen molar-refractivity contribution in [3.8, 4) is 0 Å². The maximum Gasteiger partial charge on any atom is 0.337 e.